The first-order valence-electron chi connectivity index (χ1n) is 5.62. The molecule has 0 aliphatic carbocycles. The van der Waals surface area contributed by atoms with E-state index in [0.29, 0.717) is 0 Å². The number of benzene rings is 1. The van der Waals surface area contributed by atoms with E-state index in [1.54, 1.807) is 0 Å². The van der Waals surface area contributed by atoms with Crippen LogP contribution < -0.4 is 10.1 Å². The molecular weight excluding hydrogens is 328 g/mol. The van der Waals surface area contributed by atoms with E-state index in [0.717, 1.165) is 0 Å². The van der Waals surface area contributed by atoms with E-state index in [1.165, 1.54) is 19.1 Å². The molecule has 20 heavy (non-hydrogen) atoms. The molecule has 0 aromatic heterocycles. The molecule has 0 saturated heterocycles. The molecule has 0 radical (unpaired) electrons. The maximum Gasteiger partial charge on any atom is 0.258 e. The minimum Gasteiger partial charge on any atom is -0.482 e. The van der Waals surface area contributed by atoms with Gasteiger partial charge < -0.3 is 20.3 Å². The van der Waals surface area contributed by atoms with E-state index >= 15 is 0 Å². The van der Waals surface area contributed by atoms with Crippen molar-refractivity contribution in [2.24, 2.45) is 0 Å². The monoisotopic (exact) mass is 341 g/mol. The SMILES string of the molecule is CC(O)(CO)CNC(=O)COc1cc(Cl)c(Cl)cc1Cl. The van der Waals surface area contributed by atoms with Crippen molar-refractivity contribution in [3.05, 3.63) is 27.2 Å². The lowest BCUT2D eigenvalue weighted by Gasteiger charge is -2.20. The number of ether oxygens (including phenoxy) is 1. The zero-order valence-electron chi connectivity index (χ0n) is 10.6. The number of aliphatic hydroxyl groups is 2. The Hall–Kier alpha value is -0.720. The normalized spacial score (nSPS) is 13.7. The second kappa shape index (κ2) is 7.33. The number of hydrogen-bond acceptors (Lipinski definition) is 4. The van der Waals surface area contributed by atoms with Crippen LogP contribution >= 0.6 is 34.8 Å². The van der Waals surface area contributed by atoms with Crippen LogP contribution in [0.1, 0.15) is 6.92 Å². The van der Waals surface area contributed by atoms with Crippen LogP contribution in [0.5, 0.6) is 5.75 Å². The Morgan fingerprint density at radius 1 is 1.30 bits per heavy atom. The maximum atomic E-state index is 11.5. The summed E-state index contributed by atoms with van der Waals surface area (Å²) in [6.07, 6.45) is 0. The fourth-order valence-corrected chi connectivity index (χ4v) is 1.75. The van der Waals surface area contributed by atoms with Crippen LogP contribution in [-0.2, 0) is 4.79 Å². The molecule has 1 rings (SSSR count). The Morgan fingerprint density at radius 3 is 2.50 bits per heavy atom. The molecule has 1 aromatic carbocycles. The zero-order valence-corrected chi connectivity index (χ0v) is 12.9. The fraction of sp³-hybridized carbons (Fsp3) is 0.417. The van der Waals surface area contributed by atoms with Crippen LogP contribution in [0.2, 0.25) is 15.1 Å². The van der Waals surface area contributed by atoms with Gasteiger partial charge in [0.2, 0.25) is 0 Å². The van der Waals surface area contributed by atoms with Gasteiger partial charge in [-0.25, -0.2) is 0 Å². The third kappa shape index (κ3) is 5.34. The van der Waals surface area contributed by atoms with Crippen molar-refractivity contribution >= 4 is 40.7 Å². The minimum atomic E-state index is -1.38. The Morgan fingerprint density at radius 2 is 1.90 bits per heavy atom. The highest BCUT2D eigenvalue weighted by Gasteiger charge is 2.20. The van der Waals surface area contributed by atoms with Crippen molar-refractivity contribution in [2.45, 2.75) is 12.5 Å². The molecule has 0 saturated carbocycles. The predicted octanol–water partition coefficient (Wildman–Crippen LogP) is 1.89. The molecule has 1 aromatic rings. The summed E-state index contributed by atoms with van der Waals surface area (Å²) in [4.78, 5) is 11.5. The van der Waals surface area contributed by atoms with E-state index in [1.807, 2.05) is 0 Å². The van der Waals surface area contributed by atoms with Gasteiger partial charge in [0.1, 0.15) is 11.4 Å². The largest absolute Gasteiger partial charge is 0.482 e. The Labute approximate surface area is 131 Å². The summed E-state index contributed by atoms with van der Waals surface area (Å²) >= 11 is 17.5. The lowest BCUT2D eigenvalue weighted by Crippen LogP contribution is -2.44. The second-order valence-corrected chi connectivity index (χ2v) is 5.64. The highest BCUT2D eigenvalue weighted by molar-refractivity contribution is 6.43. The van der Waals surface area contributed by atoms with Crippen LogP contribution in [0, 0.1) is 0 Å². The zero-order chi connectivity index (χ0) is 15.3. The molecule has 8 heteroatoms. The van der Waals surface area contributed by atoms with Crippen molar-refractivity contribution in [2.75, 3.05) is 19.8 Å². The quantitative estimate of drug-likeness (QED) is 0.690. The topological polar surface area (TPSA) is 78.8 Å². The molecule has 0 spiro atoms. The van der Waals surface area contributed by atoms with Crippen LogP contribution in [-0.4, -0.2) is 41.5 Å². The van der Waals surface area contributed by atoms with Gasteiger partial charge in [-0.05, 0) is 13.0 Å². The summed E-state index contributed by atoms with van der Waals surface area (Å²) in [6, 6.07) is 2.82. The van der Waals surface area contributed by atoms with Gasteiger partial charge >= 0.3 is 0 Å². The van der Waals surface area contributed by atoms with Crippen molar-refractivity contribution < 1.29 is 19.7 Å². The first kappa shape index (κ1) is 17.3. The lowest BCUT2D eigenvalue weighted by molar-refractivity contribution is -0.124. The molecule has 1 unspecified atom stereocenters. The van der Waals surface area contributed by atoms with E-state index in [-0.39, 0.29) is 34.0 Å². The van der Waals surface area contributed by atoms with E-state index < -0.39 is 18.1 Å². The summed E-state index contributed by atoms with van der Waals surface area (Å²) in [5.41, 5.74) is -1.38. The number of hydrogen-bond donors (Lipinski definition) is 3. The summed E-state index contributed by atoms with van der Waals surface area (Å²) in [7, 11) is 0. The molecule has 1 amide bonds. The highest BCUT2D eigenvalue weighted by Crippen LogP contribution is 2.33. The smallest absolute Gasteiger partial charge is 0.258 e. The highest BCUT2D eigenvalue weighted by atomic mass is 35.5. The van der Waals surface area contributed by atoms with Gasteiger partial charge in [0.05, 0.1) is 21.7 Å². The van der Waals surface area contributed by atoms with E-state index in [2.05, 4.69) is 5.32 Å². The Balaban J connectivity index is 2.51. The molecule has 1 atom stereocenters. The van der Waals surface area contributed by atoms with Gasteiger partial charge in [0, 0.05) is 12.6 Å². The first-order chi connectivity index (χ1) is 9.25. The molecule has 0 fully saturated rings. The molecule has 3 N–H and O–H groups in total. The number of amides is 1. The molecule has 5 nitrogen and oxygen atoms in total. The van der Waals surface area contributed by atoms with Gasteiger partial charge in [-0.2, -0.15) is 0 Å². The number of carbonyl (C=O) groups is 1. The summed E-state index contributed by atoms with van der Waals surface area (Å²) in [5.74, 6) is -0.244. The lowest BCUT2D eigenvalue weighted by atomic mass is 10.1. The number of nitrogens with one attached hydrogen (secondary N) is 1. The van der Waals surface area contributed by atoms with E-state index in [9.17, 15) is 9.90 Å². The first-order valence-corrected chi connectivity index (χ1v) is 6.76. The van der Waals surface area contributed by atoms with Crippen LogP contribution in [0.15, 0.2) is 12.1 Å². The molecule has 0 bridgehead atoms. The number of aliphatic hydroxyl groups excluding tert-OH is 1. The van der Waals surface area contributed by atoms with Crippen molar-refractivity contribution in [1.82, 2.24) is 5.32 Å². The number of carbonyl (C=O) groups excluding carboxylic acids is 1. The molecule has 0 aliphatic rings. The third-order valence-electron chi connectivity index (χ3n) is 2.34. The average Bonchev–Trinajstić information content (AvgIpc) is 2.39. The van der Waals surface area contributed by atoms with Crippen LogP contribution in [0.4, 0.5) is 0 Å². The van der Waals surface area contributed by atoms with Gasteiger partial charge in [0.25, 0.3) is 5.91 Å². The second-order valence-electron chi connectivity index (χ2n) is 4.42. The van der Waals surface area contributed by atoms with Gasteiger partial charge in [-0.15, -0.1) is 0 Å². The van der Waals surface area contributed by atoms with Gasteiger partial charge in [-0.3, -0.25) is 4.79 Å². The minimum absolute atomic E-state index is 0.0964. The van der Waals surface area contributed by atoms with Crippen LogP contribution in [0.3, 0.4) is 0 Å². The van der Waals surface area contributed by atoms with Crippen LogP contribution in [0.25, 0.3) is 0 Å². The van der Waals surface area contributed by atoms with E-state index in [4.69, 9.17) is 44.6 Å². The molecular formula is C12H14Cl3NO4. The fourth-order valence-electron chi connectivity index (χ4n) is 1.15. The van der Waals surface area contributed by atoms with Crippen molar-refractivity contribution in [1.29, 1.82) is 0 Å². The summed E-state index contributed by atoms with van der Waals surface area (Å²) < 4.78 is 5.20. The molecule has 112 valence electrons. The molecule has 0 heterocycles. The standard InChI is InChI=1S/C12H14Cl3NO4/c1-12(19,6-17)5-16-11(18)4-20-10-3-8(14)7(13)2-9(10)15/h2-3,17,19H,4-6H2,1H3,(H,16,18). The summed E-state index contributed by atoms with van der Waals surface area (Å²) in [5, 5.41) is 21.5. The maximum absolute atomic E-state index is 11.5. The predicted molar refractivity (Wildman–Crippen MR) is 77.7 cm³/mol. The van der Waals surface area contributed by atoms with Crippen molar-refractivity contribution in [3.63, 3.8) is 0 Å². The third-order valence-corrected chi connectivity index (χ3v) is 3.36. The number of halogens is 3. The Bertz CT molecular complexity index is 494. The van der Waals surface area contributed by atoms with Gasteiger partial charge in [0.15, 0.2) is 6.61 Å². The van der Waals surface area contributed by atoms with Crippen molar-refractivity contribution in [3.8, 4) is 5.75 Å². The van der Waals surface area contributed by atoms with Gasteiger partial charge in [-0.1, -0.05) is 34.8 Å². The Kier molecular flexibility index (Phi) is 6.36. The summed E-state index contributed by atoms with van der Waals surface area (Å²) in [6.45, 7) is 0.525. The molecule has 0 aliphatic heterocycles. The number of rotatable bonds is 6. The average molecular weight is 343 g/mol.